The molecule has 2 unspecified atom stereocenters. The van der Waals surface area contributed by atoms with Crippen molar-refractivity contribution in [1.82, 2.24) is 0 Å². The Balaban J connectivity index is 3.47. The van der Waals surface area contributed by atoms with Gasteiger partial charge in [0, 0.05) is 11.5 Å². The topological polar surface area (TPSA) is 54.4 Å². The van der Waals surface area contributed by atoms with E-state index in [-0.39, 0.29) is 11.7 Å². The minimum Gasteiger partial charge on any atom is -0.481 e. The lowest BCUT2D eigenvalue weighted by atomic mass is 9.66. The first kappa shape index (κ1) is 18.4. The number of carbonyl (C=O) groups excluding carboxylic acids is 1. The smallest absolute Gasteiger partial charge is 0.310 e. The molecular weight excluding hydrogens is 276 g/mol. The second-order valence-electron chi connectivity index (χ2n) is 6.94. The normalized spacial score (nSPS) is 15.5. The van der Waals surface area contributed by atoms with Crippen molar-refractivity contribution < 1.29 is 14.7 Å². The van der Waals surface area contributed by atoms with Crippen LogP contribution in [-0.4, -0.2) is 16.9 Å². The highest BCUT2D eigenvalue weighted by atomic mass is 16.4. The maximum absolute atomic E-state index is 13.2. The van der Waals surface area contributed by atoms with Gasteiger partial charge in [-0.2, -0.15) is 0 Å². The van der Waals surface area contributed by atoms with Gasteiger partial charge in [-0.15, -0.1) is 0 Å². The molecule has 3 nitrogen and oxygen atoms in total. The van der Waals surface area contributed by atoms with E-state index in [1.807, 2.05) is 53.7 Å². The highest BCUT2D eigenvalue weighted by molar-refractivity contribution is 6.03. The average molecular weight is 304 g/mol. The summed E-state index contributed by atoms with van der Waals surface area (Å²) in [6.45, 7) is 13.2. The summed E-state index contributed by atoms with van der Waals surface area (Å²) in [6.07, 6.45) is 0.431. The molecule has 0 saturated heterocycles. The van der Waals surface area contributed by atoms with Gasteiger partial charge in [-0.05, 0) is 51.2 Å². The predicted octanol–water partition coefficient (Wildman–Crippen LogP) is 4.57. The van der Waals surface area contributed by atoms with E-state index in [9.17, 15) is 14.7 Å². The third-order valence-electron chi connectivity index (χ3n) is 4.78. The molecule has 2 atom stereocenters. The van der Waals surface area contributed by atoms with Crippen molar-refractivity contribution in [3.8, 4) is 0 Å². The fourth-order valence-electron chi connectivity index (χ4n) is 3.56. The largest absolute Gasteiger partial charge is 0.481 e. The average Bonchev–Trinajstić information content (AvgIpc) is 2.36. The third-order valence-corrected chi connectivity index (χ3v) is 4.78. The van der Waals surface area contributed by atoms with Gasteiger partial charge in [0.25, 0.3) is 0 Å². The molecule has 0 aliphatic carbocycles. The molecule has 0 radical (unpaired) electrons. The molecule has 3 heteroatoms. The molecule has 0 amide bonds. The quantitative estimate of drug-likeness (QED) is 0.783. The van der Waals surface area contributed by atoms with Crippen LogP contribution in [0, 0.1) is 38.0 Å². The molecule has 22 heavy (non-hydrogen) atoms. The van der Waals surface area contributed by atoms with Gasteiger partial charge in [0.05, 0.1) is 5.41 Å². The molecular formula is C19H28O3. The van der Waals surface area contributed by atoms with Gasteiger partial charge >= 0.3 is 5.97 Å². The van der Waals surface area contributed by atoms with Crippen LogP contribution in [0.5, 0.6) is 0 Å². The number of carboxylic acids is 1. The summed E-state index contributed by atoms with van der Waals surface area (Å²) in [6, 6.07) is 3.98. The van der Waals surface area contributed by atoms with E-state index in [0.717, 1.165) is 16.7 Å². The van der Waals surface area contributed by atoms with Crippen LogP contribution in [0.4, 0.5) is 0 Å². The lowest BCUT2D eigenvalue weighted by Gasteiger charge is -2.35. The molecule has 0 aliphatic rings. The number of rotatable bonds is 6. The molecule has 0 spiro atoms. The first-order valence-corrected chi connectivity index (χ1v) is 7.91. The van der Waals surface area contributed by atoms with Crippen molar-refractivity contribution in [2.24, 2.45) is 17.3 Å². The van der Waals surface area contributed by atoms with Crippen molar-refractivity contribution in [1.29, 1.82) is 0 Å². The Labute approximate surface area is 133 Å². The van der Waals surface area contributed by atoms with Crippen molar-refractivity contribution in [2.45, 2.75) is 54.9 Å². The summed E-state index contributed by atoms with van der Waals surface area (Å²) < 4.78 is 0. The number of aliphatic carboxylic acids is 1. The van der Waals surface area contributed by atoms with Crippen molar-refractivity contribution in [3.05, 3.63) is 34.4 Å². The van der Waals surface area contributed by atoms with E-state index in [4.69, 9.17) is 0 Å². The minimum absolute atomic E-state index is 0.0337. The van der Waals surface area contributed by atoms with Gasteiger partial charge < -0.3 is 5.11 Å². The summed E-state index contributed by atoms with van der Waals surface area (Å²) in [5.41, 5.74) is 2.61. The maximum Gasteiger partial charge on any atom is 0.310 e. The first-order chi connectivity index (χ1) is 10.1. The van der Waals surface area contributed by atoms with E-state index in [1.165, 1.54) is 0 Å². The van der Waals surface area contributed by atoms with E-state index in [1.54, 1.807) is 6.92 Å². The Morgan fingerprint density at radius 2 is 1.59 bits per heavy atom. The van der Waals surface area contributed by atoms with Crippen LogP contribution < -0.4 is 0 Å². The van der Waals surface area contributed by atoms with Crippen LogP contribution in [0.3, 0.4) is 0 Å². The molecule has 1 N–H and O–H groups in total. The number of ketones is 1. The molecule has 122 valence electrons. The molecule has 0 fully saturated rings. The van der Waals surface area contributed by atoms with Crippen LogP contribution in [-0.2, 0) is 4.79 Å². The Bertz CT molecular complexity index is 563. The zero-order chi connectivity index (χ0) is 17.2. The van der Waals surface area contributed by atoms with Crippen molar-refractivity contribution in [3.63, 3.8) is 0 Å². The second kappa shape index (κ2) is 6.64. The molecule has 0 bridgehead atoms. The number of carboxylic acid groups (broad SMARTS) is 1. The monoisotopic (exact) mass is 304 g/mol. The van der Waals surface area contributed by atoms with E-state index < -0.39 is 17.3 Å². The van der Waals surface area contributed by atoms with Crippen molar-refractivity contribution in [2.75, 3.05) is 0 Å². The summed E-state index contributed by atoms with van der Waals surface area (Å²) >= 11 is 0. The van der Waals surface area contributed by atoms with Crippen LogP contribution in [0.15, 0.2) is 12.1 Å². The van der Waals surface area contributed by atoms with Gasteiger partial charge in [-0.25, -0.2) is 0 Å². The maximum atomic E-state index is 13.2. The summed E-state index contributed by atoms with van der Waals surface area (Å²) in [5, 5.41) is 9.68. The number of Topliss-reactive ketones (excluding diaryl/α,β-unsaturated/α-hetero) is 1. The van der Waals surface area contributed by atoms with Gasteiger partial charge in [0.2, 0.25) is 0 Å². The third kappa shape index (κ3) is 3.23. The van der Waals surface area contributed by atoms with Crippen LogP contribution in [0.25, 0.3) is 0 Å². The molecule has 1 rings (SSSR count). The van der Waals surface area contributed by atoms with Gasteiger partial charge in [-0.1, -0.05) is 38.5 Å². The van der Waals surface area contributed by atoms with Gasteiger partial charge in [-0.3, -0.25) is 9.59 Å². The Morgan fingerprint density at radius 1 is 1.14 bits per heavy atom. The first-order valence-electron chi connectivity index (χ1n) is 7.91. The summed E-state index contributed by atoms with van der Waals surface area (Å²) in [4.78, 5) is 25.0. The van der Waals surface area contributed by atoms with E-state index in [0.29, 0.717) is 12.0 Å². The van der Waals surface area contributed by atoms with Gasteiger partial charge in [0.1, 0.15) is 0 Å². The zero-order valence-electron chi connectivity index (χ0n) is 14.8. The molecule has 0 aliphatic heterocycles. The lowest BCUT2D eigenvalue weighted by molar-refractivity contribution is -0.151. The Hall–Kier alpha value is -1.64. The highest BCUT2D eigenvalue weighted by Crippen LogP contribution is 2.39. The summed E-state index contributed by atoms with van der Waals surface area (Å²) in [7, 11) is 0. The Morgan fingerprint density at radius 3 is 1.91 bits per heavy atom. The SMILES string of the molecule is CCC(C)(C(=O)O)C(C(=O)c1c(C)cc(C)cc1C)C(C)C. The van der Waals surface area contributed by atoms with E-state index in [2.05, 4.69) is 0 Å². The second-order valence-corrected chi connectivity index (χ2v) is 6.94. The molecule has 0 heterocycles. The Kier molecular flexibility index (Phi) is 5.55. The fraction of sp³-hybridized carbons (Fsp3) is 0.579. The number of carbonyl (C=O) groups is 2. The van der Waals surface area contributed by atoms with E-state index >= 15 is 0 Å². The molecule has 1 aromatic carbocycles. The minimum atomic E-state index is -1.05. The van der Waals surface area contributed by atoms with Gasteiger partial charge in [0.15, 0.2) is 5.78 Å². The van der Waals surface area contributed by atoms with Crippen LogP contribution in [0.1, 0.15) is 61.2 Å². The fourth-order valence-corrected chi connectivity index (χ4v) is 3.56. The zero-order valence-corrected chi connectivity index (χ0v) is 14.8. The standard InChI is InChI=1S/C19H28O3/c1-8-19(7,18(21)22)16(11(2)3)17(20)15-13(5)9-12(4)10-14(15)6/h9-11,16H,8H2,1-7H3,(H,21,22). The number of aryl methyl sites for hydroxylation is 3. The van der Waals surface area contributed by atoms with Crippen molar-refractivity contribution >= 4 is 11.8 Å². The van der Waals surface area contributed by atoms with Crippen LogP contribution >= 0.6 is 0 Å². The van der Waals surface area contributed by atoms with Crippen LogP contribution in [0.2, 0.25) is 0 Å². The summed E-state index contributed by atoms with van der Waals surface area (Å²) in [5.74, 6) is -1.51. The number of benzene rings is 1. The molecule has 0 saturated carbocycles. The number of hydrogen-bond donors (Lipinski definition) is 1. The molecule has 1 aromatic rings. The lowest BCUT2D eigenvalue weighted by Crippen LogP contribution is -2.43. The highest BCUT2D eigenvalue weighted by Gasteiger charge is 2.46. The molecule has 0 aromatic heterocycles. The predicted molar refractivity (Wildman–Crippen MR) is 89.3 cm³/mol. The number of hydrogen-bond acceptors (Lipinski definition) is 2.